The zero-order valence-electron chi connectivity index (χ0n) is 18.5. The number of carboxylic acid groups (broad SMARTS) is 1. The molecule has 0 bridgehead atoms. The lowest BCUT2D eigenvalue weighted by atomic mass is 9.97. The lowest BCUT2D eigenvalue weighted by Crippen LogP contribution is -2.14. The minimum Gasteiger partial charge on any atom is -0.477 e. The Morgan fingerprint density at radius 3 is 2.68 bits per heavy atom. The number of aromatic nitrogens is 6. The molecule has 0 saturated carbocycles. The van der Waals surface area contributed by atoms with Crippen molar-refractivity contribution in [2.24, 2.45) is 0 Å². The molecule has 0 fully saturated rings. The standard InChI is InChI=1S/C24H21BrN6O3/c1-3-6-19-26-13(2)22(24(32)33)31(19)11-17-14-9-10-34-12-18(14)21(25)20(17)15-7-4-5-8-16(15)23-27-29-30-28-23/h4-5,7-10,12H,3,6,11H2,1-2H3,(H,32,33)(H,27,28,29,30). The van der Waals surface area contributed by atoms with Gasteiger partial charge in [-0.05, 0) is 62.5 Å². The van der Waals surface area contributed by atoms with Crippen molar-refractivity contribution in [2.45, 2.75) is 33.2 Å². The highest BCUT2D eigenvalue weighted by atomic mass is 79.9. The largest absolute Gasteiger partial charge is 0.477 e. The average molecular weight is 521 g/mol. The van der Waals surface area contributed by atoms with Crippen LogP contribution in [0.3, 0.4) is 0 Å². The minimum atomic E-state index is -0.994. The van der Waals surface area contributed by atoms with Crippen molar-refractivity contribution >= 4 is 21.9 Å². The number of aryl methyl sites for hydroxylation is 2. The number of aromatic amines is 1. The summed E-state index contributed by atoms with van der Waals surface area (Å²) in [6, 6.07) is 9.73. The van der Waals surface area contributed by atoms with Gasteiger partial charge in [0.05, 0.1) is 24.8 Å². The Labute approximate surface area is 203 Å². The number of fused-ring (bicyclic) bond motifs is 1. The van der Waals surface area contributed by atoms with E-state index in [0.717, 1.165) is 50.1 Å². The Bertz CT molecular complexity index is 1450. The molecule has 2 N–H and O–H groups in total. The van der Waals surface area contributed by atoms with Crippen LogP contribution in [0.4, 0.5) is 0 Å². The van der Waals surface area contributed by atoms with Crippen molar-refractivity contribution in [3.8, 4) is 33.6 Å². The highest BCUT2D eigenvalue weighted by Gasteiger charge is 2.28. The van der Waals surface area contributed by atoms with E-state index in [1.165, 1.54) is 0 Å². The van der Waals surface area contributed by atoms with Crippen LogP contribution in [0.2, 0.25) is 0 Å². The van der Waals surface area contributed by atoms with Crippen molar-refractivity contribution in [3.05, 3.63) is 70.1 Å². The molecule has 0 radical (unpaired) electrons. The Kier molecular flexibility index (Phi) is 5.74. The normalized spacial score (nSPS) is 11.4. The van der Waals surface area contributed by atoms with Crippen molar-refractivity contribution in [1.29, 1.82) is 0 Å². The van der Waals surface area contributed by atoms with E-state index >= 15 is 0 Å². The number of carbonyl (C=O) groups is 1. The molecule has 1 aromatic carbocycles. The summed E-state index contributed by atoms with van der Waals surface area (Å²) in [5.74, 6) is 0.300. The number of imidazole rings is 1. The number of aromatic carboxylic acids is 1. The summed E-state index contributed by atoms with van der Waals surface area (Å²) in [4.78, 5) is 16.8. The first-order chi connectivity index (χ1) is 16.5. The SMILES string of the molecule is CCCc1nc(C)c(C(=O)O)n1Cc1c2ccocc-2c(Br)c1-c1ccccc1-c1nnn[nH]1. The van der Waals surface area contributed by atoms with E-state index in [1.54, 1.807) is 19.5 Å². The molecule has 9 nitrogen and oxygen atoms in total. The molecule has 3 aromatic rings. The molecule has 0 unspecified atom stereocenters. The van der Waals surface area contributed by atoms with Gasteiger partial charge >= 0.3 is 5.97 Å². The number of tetrazole rings is 1. The first kappa shape index (κ1) is 22.0. The van der Waals surface area contributed by atoms with Crippen molar-refractivity contribution in [1.82, 2.24) is 30.2 Å². The van der Waals surface area contributed by atoms with Gasteiger partial charge in [-0.3, -0.25) is 0 Å². The number of rotatable bonds is 7. The second-order valence-electron chi connectivity index (χ2n) is 7.95. The Balaban J connectivity index is 1.78. The average Bonchev–Trinajstić information content (AvgIpc) is 3.53. The molecular weight excluding hydrogens is 500 g/mol. The summed E-state index contributed by atoms with van der Waals surface area (Å²) in [6.45, 7) is 4.13. The smallest absolute Gasteiger partial charge is 0.354 e. The molecule has 1 aliphatic carbocycles. The summed E-state index contributed by atoms with van der Waals surface area (Å²) in [7, 11) is 0. The number of carboxylic acids is 1. The quantitative estimate of drug-likeness (QED) is 0.302. The molecule has 5 rings (SSSR count). The first-order valence-corrected chi connectivity index (χ1v) is 11.6. The Hall–Kier alpha value is -3.79. The topological polar surface area (TPSA) is 123 Å². The van der Waals surface area contributed by atoms with E-state index in [9.17, 15) is 9.90 Å². The number of nitrogens with zero attached hydrogens (tertiary/aromatic N) is 5. The minimum absolute atomic E-state index is 0.202. The third kappa shape index (κ3) is 3.60. The van der Waals surface area contributed by atoms with Crippen LogP contribution in [0.1, 0.15) is 40.9 Å². The van der Waals surface area contributed by atoms with Gasteiger partial charge < -0.3 is 14.1 Å². The van der Waals surface area contributed by atoms with Crippen molar-refractivity contribution < 1.29 is 14.3 Å². The van der Waals surface area contributed by atoms with Gasteiger partial charge in [-0.1, -0.05) is 31.2 Å². The predicted octanol–water partition coefficient (Wildman–Crippen LogP) is 5.20. The van der Waals surface area contributed by atoms with E-state index in [2.05, 4.69) is 48.5 Å². The summed E-state index contributed by atoms with van der Waals surface area (Å²) < 4.78 is 8.14. The molecule has 3 heterocycles. The summed E-state index contributed by atoms with van der Waals surface area (Å²) in [5.41, 5.74) is 6.18. The highest BCUT2D eigenvalue weighted by molar-refractivity contribution is 9.10. The van der Waals surface area contributed by atoms with Gasteiger partial charge in [0.1, 0.15) is 5.82 Å². The van der Waals surface area contributed by atoms with Crippen molar-refractivity contribution in [3.63, 3.8) is 0 Å². The maximum Gasteiger partial charge on any atom is 0.354 e. The lowest BCUT2D eigenvalue weighted by Gasteiger charge is -2.14. The molecule has 0 spiro atoms. The van der Waals surface area contributed by atoms with E-state index in [-0.39, 0.29) is 5.69 Å². The molecule has 2 aliphatic rings. The van der Waals surface area contributed by atoms with E-state index in [4.69, 9.17) is 4.42 Å². The lowest BCUT2D eigenvalue weighted by molar-refractivity contribution is 0.0684. The monoisotopic (exact) mass is 520 g/mol. The summed E-state index contributed by atoms with van der Waals surface area (Å²) >= 11 is 3.79. The molecule has 2 aromatic heterocycles. The second kappa shape index (κ2) is 8.86. The molecule has 0 amide bonds. The van der Waals surface area contributed by atoms with Crippen LogP contribution in [-0.2, 0) is 13.0 Å². The third-order valence-electron chi connectivity index (χ3n) is 5.88. The number of hydrogen-bond donors (Lipinski definition) is 2. The number of H-pyrrole nitrogens is 1. The van der Waals surface area contributed by atoms with Crippen LogP contribution in [0.25, 0.3) is 33.6 Å². The van der Waals surface area contributed by atoms with Gasteiger partial charge in [0, 0.05) is 27.6 Å². The van der Waals surface area contributed by atoms with Gasteiger partial charge in [-0.15, -0.1) is 5.10 Å². The van der Waals surface area contributed by atoms with Gasteiger partial charge in [0.25, 0.3) is 0 Å². The maximum absolute atomic E-state index is 12.2. The zero-order valence-corrected chi connectivity index (χ0v) is 20.1. The van der Waals surface area contributed by atoms with Gasteiger partial charge in [0.15, 0.2) is 11.5 Å². The van der Waals surface area contributed by atoms with E-state index in [0.29, 0.717) is 24.5 Å². The number of hydrogen-bond acceptors (Lipinski definition) is 6. The molecule has 172 valence electrons. The van der Waals surface area contributed by atoms with E-state index < -0.39 is 5.97 Å². The van der Waals surface area contributed by atoms with Crippen LogP contribution in [0, 0.1) is 6.92 Å². The van der Waals surface area contributed by atoms with Crippen LogP contribution in [0.5, 0.6) is 0 Å². The highest BCUT2D eigenvalue weighted by Crippen LogP contribution is 2.48. The zero-order chi connectivity index (χ0) is 23.8. The first-order valence-electron chi connectivity index (χ1n) is 10.8. The maximum atomic E-state index is 12.2. The molecule has 0 atom stereocenters. The fraction of sp³-hybridized carbons (Fsp3) is 0.208. The van der Waals surface area contributed by atoms with Gasteiger partial charge in [0.2, 0.25) is 0 Å². The Morgan fingerprint density at radius 2 is 1.97 bits per heavy atom. The predicted molar refractivity (Wildman–Crippen MR) is 129 cm³/mol. The second-order valence-corrected chi connectivity index (χ2v) is 8.74. The third-order valence-corrected chi connectivity index (χ3v) is 6.71. The Morgan fingerprint density at radius 1 is 1.18 bits per heavy atom. The summed E-state index contributed by atoms with van der Waals surface area (Å²) in [5, 5.41) is 24.4. The number of halogens is 1. The molecular formula is C24H21BrN6O3. The molecule has 1 aliphatic heterocycles. The van der Waals surface area contributed by atoms with Crippen LogP contribution >= 0.6 is 15.9 Å². The van der Waals surface area contributed by atoms with Crippen LogP contribution in [-0.4, -0.2) is 41.3 Å². The van der Waals surface area contributed by atoms with Crippen LogP contribution in [0.15, 0.2) is 51.7 Å². The van der Waals surface area contributed by atoms with Crippen LogP contribution < -0.4 is 0 Å². The molecule has 10 heteroatoms. The van der Waals surface area contributed by atoms with Crippen molar-refractivity contribution in [2.75, 3.05) is 0 Å². The fourth-order valence-corrected chi connectivity index (χ4v) is 5.23. The van der Waals surface area contributed by atoms with E-state index in [1.807, 2.05) is 34.9 Å². The summed E-state index contributed by atoms with van der Waals surface area (Å²) in [6.07, 6.45) is 4.85. The molecule has 34 heavy (non-hydrogen) atoms. The van der Waals surface area contributed by atoms with Gasteiger partial charge in [-0.25, -0.2) is 14.9 Å². The molecule has 0 saturated heterocycles. The number of nitrogens with one attached hydrogen (secondary N) is 1. The van der Waals surface area contributed by atoms with Gasteiger partial charge in [-0.2, -0.15) is 0 Å². The fourth-order valence-electron chi connectivity index (χ4n) is 4.47. The number of benzene rings is 1.